The van der Waals surface area contributed by atoms with Crippen molar-refractivity contribution in [3.63, 3.8) is 0 Å². The van der Waals surface area contributed by atoms with E-state index in [1.54, 1.807) is 0 Å². The molecule has 1 unspecified atom stereocenters. The van der Waals surface area contributed by atoms with E-state index in [2.05, 4.69) is 51.2 Å². The van der Waals surface area contributed by atoms with Crippen molar-refractivity contribution >= 4 is 0 Å². The fourth-order valence-electron chi connectivity index (χ4n) is 2.04. The molecule has 1 atom stereocenters. The number of nitrogens with one attached hydrogen (secondary N) is 1. The lowest BCUT2D eigenvalue weighted by atomic mass is 9.87. The Morgan fingerprint density at radius 2 is 2.00 bits per heavy atom. The molecule has 0 saturated heterocycles. The normalized spacial score (nSPS) is 14.2. The van der Waals surface area contributed by atoms with Gasteiger partial charge in [-0.2, -0.15) is 5.10 Å². The van der Waals surface area contributed by atoms with Crippen molar-refractivity contribution in [1.29, 1.82) is 0 Å². The summed E-state index contributed by atoms with van der Waals surface area (Å²) in [7, 11) is 1.97. The van der Waals surface area contributed by atoms with Gasteiger partial charge in [-0.25, -0.2) is 0 Å². The van der Waals surface area contributed by atoms with Crippen LogP contribution in [0.3, 0.4) is 0 Å². The van der Waals surface area contributed by atoms with Gasteiger partial charge >= 0.3 is 0 Å². The van der Waals surface area contributed by atoms with Gasteiger partial charge in [0.15, 0.2) is 0 Å². The zero-order valence-electron chi connectivity index (χ0n) is 12.6. The van der Waals surface area contributed by atoms with Gasteiger partial charge in [0, 0.05) is 36.8 Å². The van der Waals surface area contributed by atoms with E-state index >= 15 is 0 Å². The zero-order chi connectivity index (χ0) is 13.9. The minimum atomic E-state index is 0.0452. The summed E-state index contributed by atoms with van der Waals surface area (Å²) in [6.45, 7) is 12.5. The van der Waals surface area contributed by atoms with Gasteiger partial charge in [0.25, 0.3) is 0 Å². The van der Waals surface area contributed by atoms with Gasteiger partial charge in [-0.15, -0.1) is 0 Å². The first-order valence-electron chi connectivity index (χ1n) is 6.73. The van der Waals surface area contributed by atoms with Crippen LogP contribution < -0.4 is 11.1 Å². The molecule has 0 aliphatic rings. The molecule has 0 radical (unpaired) electrons. The molecule has 1 aromatic heterocycles. The second kappa shape index (κ2) is 5.85. The highest BCUT2D eigenvalue weighted by Gasteiger charge is 2.25. The van der Waals surface area contributed by atoms with Crippen molar-refractivity contribution in [2.45, 2.75) is 46.1 Å². The quantitative estimate of drug-likeness (QED) is 0.842. The summed E-state index contributed by atoms with van der Waals surface area (Å²) in [5.74, 6) is 0.619. The molecule has 18 heavy (non-hydrogen) atoms. The molecule has 0 saturated carbocycles. The van der Waals surface area contributed by atoms with Crippen LogP contribution in [-0.2, 0) is 12.5 Å². The number of nitrogens with two attached hydrogens (primary N) is 1. The van der Waals surface area contributed by atoms with Gasteiger partial charge in [0.1, 0.15) is 0 Å². The van der Waals surface area contributed by atoms with Crippen LogP contribution in [0.25, 0.3) is 0 Å². The third-order valence-corrected chi connectivity index (χ3v) is 2.95. The standard InChI is InChI=1S/C14H28N4/c1-10(2)8-16-12(7-15)11-9-18(6)17-13(11)14(3,4)5/h9-10,12,16H,7-8,15H2,1-6H3. The van der Waals surface area contributed by atoms with Crippen LogP contribution in [-0.4, -0.2) is 22.9 Å². The molecular weight excluding hydrogens is 224 g/mol. The predicted molar refractivity (Wildman–Crippen MR) is 76.5 cm³/mol. The average Bonchev–Trinajstić information content (AvgIpc) is 2.60. The molecule has 0 amide bonds. The summed E-state index contributed by atoms with van der Waals surface area (Å²) in [5, 5.41) is 8.13. The monoisotopic (exact) mass is 252 g/mol. The van der Waals surface area contributed by atoms with Crippen LogP contribution in [0.4, 0.5) is 0 Å². The molecule has 0 aromatic carbocycles. The number of rotatable bonds is 5. The zero-order valence-corrected chi connectivity index (χ0v) is 12.6. The van der Waals surface area contributed by atoms with Crippen molar-refractivity contribution in [2.75, 3.05) is 13.1 Å². The second-order valence-electron chi connectivity index (χ2n) is 6.45. The van der Waals surface area contributed by atoms with E-state index in [-0.39, 0.29) is 11.5 Å². The Morgan fingerprint density at radius 3 is 2.44 bits per heavy atom. The molecule has 104 valence electrons. The lowest BCUT2D eigenvalue weighted by Gasteiger charge is -2.23. The van der Waals surface area contributed by atoms with E-state index < -0.39 is 0 Å². The smallest absolute Gasteiger partial charge is 0.0726 e. The first-order valence-corrected chi connectivity index (χ1v) is 6.73. The summed E-state index contributed by atoms with van der Waals surface area (Å²) in [6, 6.07) is 0.190. The molecule has 0 bridgehead atoms. The van der Waals surface area contributed by atoms with Crippen LogP contribution in [0.5, 0.6) is 0 Å². The van der Waals surface area contributed by atoms with Gasteiger partial charge in [-0.1, -0.05) is 34.6 Å². The molecule has 1 heterocycles. The molecule has 0 spiro atoms. The fraction of sp³-hybridized carbons (Fsp3) is 0.786. The van der Waals surface area contributed by atoms with Gasteiger partial charge in [-0.3, -0.25) is 4.68 Å². The lowest BCUT2D eigenvalue weighted by molar-refractivity contribution is 0.466. The second-order valence-corrected chi connectivity index (χ2v) is 6.45. The summed E-state index contributed by atoms with van der Waals surface area (Å²) in [4.78, 5) is 0. The van der Waals surface area contributed by atoms with Crippen LogP contribution in [0, 0.1) is 5.92 Å². The number of aryl methyl sites for hydroxylation is 1. The summed E-state index contributed by atoms with van der Waals surface area (Å²) >= 11 is 0. The highest BCUT2D eigenvalue weighted by Crippen LogP contribution is 2.28. The minimum Gasteiger partial charge on any atom is -0.329 e. The Bertz CT molecular complexity index is 374. The van der Waals surface area contributed by atoms with Gasteiger partial charge < -0.3 is 11.1 Å². The van der Waals surface area contributed by atoms with E-state index in [1.165, 1.54) is 5.56 Å². The third kappa shape index (κ3) is 3.82. The molecular formula is C14H28N4. The van der Waals surface area contributed by atoms with Crippen molar-refractivity contribution < 1.29 is 0 Å². The van der Waals surface area contributed by atoms with E-state index in [1.807, 2.05) is 11.7 Å². The topological polar surface area (TPSA) is 55.9 Å². The van der Waals surface area contributed by atoms with Crippen molar-refractivity contribution in [3.8, 4) is 0 Å². The van der Waals surface area contributed by atoms with Crippen molar-refractivity contribution in [2.24, 2.45) is 18.7 Å². The van der Waals surface area contributed by atoms with E-state index in [0.717, 1.165) is 12.2 Å². The molecule has 1 rings (SSSR count). The lowest BCUT2D eigenvalue weighted by Crippen LogP contribution is -2.32. The van der Waals surface area contributed by atoms with Crippen LogP contribution in [0.2, 0.25) is 0 Å². The van der Waals surface area contributed by atoms with Crippen LogP contribution in [0.15, 0.2) is 6.20 Å². The summed E-state index contributed by atoms with van der Waals surface area (Å²) < 4.78 is 1.88. The highest BCUT2D eigenvalue weighted by atomic mass is 15.3. The Labute approximate surface area is 111 Å². The maximum absolute atomic E-state index is 5.91. The molecule has 0 aliphatic carbocycles. The molecule has 0 fully saturated rings. The Kier molecular flexibility index (Phi) is 4.93. The first-order chi connectivity index (χ1) is 8.25. The number of hydrogen-bond acceptors (Lipinski definition) is 3. The Hall–Kier alpha value is -0.870. The highest BCUT2D eigenvalue weighted by molar-refractivity contribution is 5.27. The minimum absolute atomic E-state index is 0.0452. The Balaban J connectivity index is 2.98. The summed E-state index contributed by atoms with van der Waals surface area (Å²) in [6.07, 6.45) is 2.09. The Morgan fingerprint density at radius 1 is 1.39 bits per heavy atom. The van der Waals surface area contributed by atoms with Gasteiger partial charge in [0.05, 0.1) is 5.69 Å². The van der Waals surface area contributed by atoms with E-state index in [4.69, 9.17) is 5.73 Å². The van der Waals surface area contributed by atoms with Crippen molar-refractivity contribution in [3.05, 3.63) is 17.5 Å². The van der Waals surface area contributed by atoms with Crippen molar-refractivity contribution in [1.82, 2.24) is 15.1 Å². The molecule has 4 heteroatoms. The molecule has 1 aromatic rings. The van der Waals surface area contributed by atoms with Crippen LogP contribution in [0.1, 0.15) is 51.9 Å². The SMILES string of the molecule is CC(C)CNC(CN)c1cn(C)nc1C(C)(C)C. The summed E-state index contributed by atoms with van der Waals surface area (Å²) in [5.41, 5.74) is 8.32. The molecule has 3 N–H and O–H groups in total. The van der Waals surface area contributed by atoms with E-state index in [0.29, 0.717) is 12.5 Å². The first kappa shape index (κ1) is 15.2. The maximum atomic E-state index is 5.91. The predicted octanol–water partition coefficient (Wildman–Crippen LogP) is 1.96. The van der Waals surface area contributed by atoms with Crippen LogP contribution >= 0.6 is 0 Å². The third-order valence-electron chi connectivity index (χ3n) is 2.95. The number of hydrogen-bond donors (Lipinski definition) is 2. The maximum Gasteiger partial charge on any atom is 0.0726 e. The molecule has 4 nitrogen and oxygen atoms in total. The largest absolute Gasteiger partial charge is 0.329 e. The molecule has 0 aliphatic heterocycles. The number of nitrogens with zero attached hydrogens (tertiary/aromatic N) is 2. The number of aromatic nitrogens is 2. The average molecular weight is 252 g/mol. The van der Waals surface area contributed by atoms with Gasteiger partial charge in [0.2, 0.25) is 0 Å². The fourth-order valence-corrected chi connectivity index (χ4v) is 2.04. The van der Waals surface area contributed by atoms with E-state index in [9.17, 15) is 0 Å². The van der Waals surface area contributed by atoms with Gasteiger partial charge in [-0.05, 0) is 12.5 Å².